The van der Waals surface area contributed by atoms with E-state index < -0.39 is 0 Å². The summed E-state index contributed by atoms with van der Waals surface area (Å²) in [7, 11) is 0. The normalized spacial score (nSPS) is 12.2. The Morgan fingerprint density at radius 1 is 1.24 bits per heavy atom. The average molecular weight is 335 g/mol. The van der Waals surface area contributed by atoms with Crippen molar-refractivity contribution in [3.8, 4) is 0 Å². The van der Waals surface area contributed by atoms with Crippen molar-refractivity contribution in [2.24, 2.45) is 10.9 Å². The lowest BCUT2D eigenvalue weighted by atomic mass is 10.1. The maximum Gasteiger partial charge on any atom is 0.177 e. The van der Waals surface area contributed by atoms with E-state index in [9.17, 15) is 4.39 Å². The van der Waals surface area contributed by atoms with Crippen molar-refractivity contribution in [3.05, 3.63) is 65.5 Å². The van der Waals surface area contributed by atoms with E-state index >= 15 is 0 Å². The van der Waals surface area contributed by atoms with Crippen LogP contribution in [0, 0.1) is 5.82 Å². The van der Waals surface area contributed by atoms with Crippen molar-refractivity contribution in [2.45, 2.75) is 13.3 Å². The van der Waals surface area contributed by atoms with E-state index in [1.807, 2.05) is 12.1 Å². The number of hydrogen-bond acceptors (Lipinski definition) is 6. The summed E-state index contributed by atoms with van der Waals surface area (Å²) in [6, 6.07) is 10.5. The smallest absolute Gasteiger partial charge is 0.177 e. The third kappa shape index (κ3) is 2.67. The number of benzene rings is 1. The van der Waals surface area contributed by atoms with Crippen molar-refractivity contribution in [1.82, 2.24) is 24.8 Å². The summed E-state index contributed by atoms with van der Waals surface area (Å²) in [5, 5.41) is 17.2. The third-order valence-corrected chi connectivity index (χ3v) is 4.01. The molecule has 2 N–H and O–H groups in total. The monoisotopic (exact) mass is 335 g/mol. The highest BCUT2D eigenvalue weighted by atomic mass is 19.1. The first-order chi connectivity index (χ1) is 12.2. The Hall–Kier alpha value is -3.42. The van der Waals surface area contributed by atoms with Gasteiger partial charge < -0.3 is 5.84 Å². The highest BCUT2D eigenvalue weighted by Crippen LogP contribution is 2.19. The van der Waals surface area contributed by atoms with E-state index in [0.717, 1.165) is 5.39 Å². The first-order valence-electron chi connectivity index (χ1n) is 7.65. The summed E-state index contributed by atoms with van der Waals surface area (Å²) in [6.45, 7) is 1.76. The number of halogens is 1. The second kappa shape index (κ2) is 5.90. The van der Waals surface area contributed by atoms with Crippen LogP contribution in [0.4, 0.5) is 4.39 Å². The van der Waals surface area contributed by atoms with Crippen LogP contribution in [0.2, 0.25) is 0 Å². The molecule has 0 atom stereocenters. The zero-order valence-electron chi connectivity index (χ0n) is 13.4. The molecule has 3 heterocycles. The highest BCUT2D eigenvalue weighted by molar-refractivity contribution is 5.96. The number of hydrazone groups is 1. The predicted octanol–water partition coefficient (Wildman–Crippen LogP) is 2.09. The molecular formula is C17H14FN7. The van der Waals surface area contributed by atoms with Crippen LogP contribution in [-0.4, -0.2) is 30.5 Å². The minimum Gasteiger partial charge on any atom is -0.323 e. The Morgan fingerprint density at radius 2 is 2.12 bits per heavy atom. The summed E-state index contributed by atoms with van der Waals surface area (Å²) < 4.78 is 16.0. The molecule has 25 heavy (non-hydrogen) atoms. The van der Waals surface area contributed by atoms with Gasteiger partial charge in [-0.2, -0.15) is 14.7 Å². The maximum absolute atomic E-state index is 14.4. The average Bonchev–Trinajstić information content (AvgIpc) is 3.04. The van der Waals surface area contributed by atoms with Gasteiger partial charge in [-0.15, -0.1) is 10.2 Å². The molecule has 0 aliphatic carbocycles. The van der Waals surface area contributed by atoms with Crippen LogP contribution >= 0.6 is 0 Å². The SMILES string of the molecule is C/C(=N\N)c1ccc2nnc(Cc3cc4cccnc4cc3F)n2n1. The highest BCUT2D eigenvalue weighted by Gasteiger charge is 2.13. The van der Waals surface area contributed by atoms with E-state index in [4.69, 9.17) is 5.84 Å². The summed E-state index contributed by atoms with van der Waals surface area (Å²) >= 11 is 0. The molecule has 4 aromatic rings. The fourth-order valence-corrected chi connectivity index (χ4v) is 2.65. The lowest BCUT2D eigenvalue weighted by molar-refractivity contribution is 0.612. The van der Waals surface area contributed by atoms with Crippen molar-refractivity contribution < 1.29 is 4.39 Å². The summed E-state index contributed by atoms with van der Waals surface area (Å²) in [5.74, 6) is 5.51. The van der Waals surface area contributed by atoms with E-state index in [1.165, 1.54) is 6.07 Å². The molecule has 0 amide bonds. The Bertz CT molecular complexity index is 1120. The first-order valence-corrected chi connectivity index (χ1v) is 7.65. The molecule has 0 aliphatic rings. The van der Waals surface area contributed by atoms with Gasteiger partial charge in [-0.05, 0) is 36.8 Å². The van der Waals surface area contributed by atoms with Gasteiger partial charge in [0.25, 0.3) is 0 Å². The Kier molecular flexibility index (Phi) is 3.57. The summed E-state index contributed by atoms with van der Waals surface area (Å²) in [4.78, 5) is 4.16. The van der Waals surface area contributed by atoms with E-state index in [0.29, 0.717) is 34.0 Å². The number of pyridine rings is 1. The van der Waals surface area contributed by atoms with Gasteiger partial charge in [0.05, 0.1) is 11.2 Å². The van der Waals surface area contributed by atoms with Gasteiger partial charge in [-0.1, -0.05) is 6.07 Å². The van der Waals surface area contributed by atoms with Gasteiger partial charge in [0.1, 0.15) is 11.5 Å². The molecule has 0 radical (unpaired) electrons. The van der Waals surface area contributed by atoms with Gasteiger partial charge in [0.2, 0.25) is 0 Å². The van der Waals surface area contributed by atoms with Gasteiger partial charge in [0, 0.05) is 24.1 Å². The van der Waals surface area contributed by atoms with Crippen molar-refractivity contribution in [1.29, 1.82) is 0 Å². The zero-order valence-corrected chi connectivity index (χ0v) is 13.4. The van der Waals surface area contributed by atoms with Crippen LogP contribution in [0.3, 0.4) is 0 Å². The molecule has 0 bridgehead atoms. The molecule has 7 nitrogen and oxygen atoms in total. The summed E-state index contributed by atoms with van der Waals surface area (Å²) in [6.07, 6.45) is 1.90. The number of fused-ring (bicyclic) bond motifs is 2. The minimum absolute atomic E-state index is 0.257. The van der Waals surface area contributed by atoms with Gasteiger partial charge in [-0.25, -0.2) is 4.39 Å². The molecular weight excluding hydrogens is 321 g/mol. The van der Waals surface area contributed by atoms with Crippen LogP contribution < -0.4 is 5.84 Å². The van der Waals surface area contributed by atoms with E-state index in [-0.39, 0.29) is 12.2 Å². The van der Waals surface area contributed by atoms with Crippen LogP contribution in [-0.2, 0) is 6.42 Å². The van der Waals surface area contributed by atoms with E-state index in [2.05, 4.69) is 25.4 Å². The number of nitrogens with zero attached hydrogens (tertiary/aromatic N) is 6. The largest absolute Gasteiger partial charge is 0.323 e. The van der Waals surface area contributed by atoms with Crippen LogP contribution in [0.25, 0.3) is 16.6 Å². The zero-order chi connectivity index (χ0) is 17.4. The lowest BCUT2D eigenvalue weighted by Crippen LogP contribution is -2.08. The molecule has 8 heteroatoms. The minimum atomic E-state index is -0.334. The standard InChI is InChI=1S/C17H14FN7/c1-10(21-19)14-4-5-16-22-23-17(25(16)24-14)8-12-7-11-3-2-6-20-15(11)9-13(12)18/h2-7,9H,8,19H2,1H3/b21-10+. The molecule has 0 aliphatic heterocycles. The molecule has 3 aromatic heterocycles. The Morgan fingerprint density at radius 3 is 2.96 bits per heavy atom. The van der Waals surface area contributed by atoms with Crippen molar-refractivity contribution in [2.75, 3.05) is 0 Å². The van der Waals surface area contributed by atoms with E-state index in [1.54, 1.807) is 35.8 Å². The third-order valence-electron chi connectivity index (χ3n) is 4.01. The fourth-order valence-electron chi connectivity index (χ4n) is 2.65. The molecule has 0 fully saturated rings. The number of rotatable bonds is 3. The number of aromatic nitrogens is 5. The molecule has 0 saturated carbocycles. The topological polar surface area (TPSA) is 94.3 Å². The molecule has 0 unspecified atom stereocenters. The lowest BCUT2D eigenvalue weighted by Gasteiger charge is -2.05. The fraction of sp³-hybridized carbons (Fsp3) is 0.118. The molecule has 124 valence electrons. The second-order valence-corrected chi connectivity index (χ2v) is 5.64. The molecule has 0 spiro atoms. The van der Waals surface area contributed by atoms with Crippen LogP contribution in [0.5, 0.6) is 0 Å². The summed E-state index contributed by atoms with van der Waals surface area (Å²) in [5.41, 5.74) is 2.89. The molecule has 1 aromatic carbocycles. The first kappa shape index (κ1) is 15.1. The van der Waals surface area contributed by atoms with Gasteiger partial charge >= 0.3 is 0 Å². The van der Waals surface area contributed by atoms with Crippen LogP contribution in [0.15, 0.2) is 47.7 Å². The van der Waals surface area contributed by atoms with Gasteiger partial charge in [-0.3, -0.25) is 4.98 Å². The number of nitrogens with two attached hydrogens (primary N) is 1. The predicted molar refractivity (Wildman–Crippen MR) is 91.7 cm³/mol. The van der Waals surface area contributed by atoms with Gasteiger partial charge in [0.15, 0.2) is 11.5 Å². The molecule has 0 saturated heterocycles. The molecule has 4 rings (SSSR count). The van der Waals surface area contributed by atoms with Crippen LogP contribution in [0.1, 0.15) is 24.0 Å². The Labute approximate surface area is 142 Å². The Balaban J connectivity index is 1.79. The maximum atomic E-state index is 14.4. The van der Waals surface area contributed by atoms with Crippen molar-refractivity contribution in [3.63, 3.8) is 0 Å². The van der Waals surface area contributed by atoms with Crippen molar-refractivity contribution >= 4 is 22.3 Å². The number of hydrogen-bond donors (Lipinski definition) is 1. The second-order valence-electron chi connectivity index (χ2n) is 5.64. The quantitative estimate of drug-likeness (QED) is 0.351.